The largest absolute Gasteiger partial charge is 0.388 e. The molecule has 4 atom stereocenters. The van der Waals surface area contributed by atoms with Crippen molar-refractivity contribution in [1.82, 2.24) is 9.55 Å². The molecule has 7 heteroatoms. The van der Waals surface area contributed by atoms with Crippen LogP contribution in [0, 0.1) is 0 Å². The van der Waals surface area contributed by atoms with Crippen molar-refractivity contribution in [2.45, 2.75) is 31.5 Å². The number of hydrogen-bond donors (Lipinski definition) is 3. The van der Waals surface area contributed by atoms with E-state index in [-0.39, 0.29) is 0 Å². The molecule has 1 aromatic rings. The van der Waals surface area contributed by atoms with Crippen molar-refractivity contribution < 1.29 is 14.9 Å². The average molecular weight is 228 g/mol. The highest BCUT2D eigenvalue weighted by atomic mass is 16.6. The van der Waals surface area contributed by atoms with E-state index in [4.69, 9.17) is 4.74 Å². The Morgan fingerprint density at radius 3 is 2.56 bits per heavy atom. The number of rotatable bonds is 1. The summed E-state index contributed by atoms with van der Waals surface area (Å²) in [5, 5.41) is 19.1. The molecule has 88 valence electrons. The van der Waals surface area contributed by atoms with Crippen LogP contribution in [-0.2, 0) is 4.74 Å². The lowest BCUT2D eigenvalue weighted by Crippen LogP contribution is -2.37. The van der Waals surface area contributed by atoms with E-state index in [1.54, 1.807) is 6.92 Å². The van der Waals surface area contributed by atoms with Crippen LogP contribution in [0.25, 0.3) is 0 Å². The van der Waals surface area contributed by atoms with Gasteiger partial charge in [0.25, 0.3) is 5.56 Å². The molecule has 0 spiro atoms. The molecule has 0 aromatic carbocycles. The Labute approximate surface area is 89.9 Å². The minimum atomic E-state index is -1.20. The zero-order valence-electron chi connectivity index (χ0n) is 8.53. The van der Waals surface area contributed by atoms with Gasteiger partial charge in [-0.25, -0.2) is 4.79 Å². The molecule has 1 saturated heterocycles. The summed E-state index contributed by atoms with van der Waals surface area (Å²) >= 11 is 0. The molecule has 2 heterocycles. The minimum absolute atomic E-state index is 0.526. The van der Waals surface area contributed by atoms with Crippen molar-refractivity contribution in [3.8, 4) is 0 Å². The number of aliphatic hydroxyl groups is 2. The molecule has 0 amide bonds. The van der Waals surface area contributed by atoms with Gasteiger partial charge >= 0.3 is 5.69 Å². The van der Waals surface area contributed by atoms with Gasteiger partial charge in [-0.15, -0.1) is 0 Å². The SMILES string of the molecule is C[C@H]1O[C@@H](n2ccc(=O)[nH]c2=O)C(O)[C@@H]1O. The monoisotopic (exact) mass is 228 g/mol. The van der Waals surface area contributed by atoms with Gasteiger partial charge in [-0.2, -0.15) is 0 Å². The van der Waals surface area contributed by atoms with E-state index in [1.807, 2.05) is 4.98 Å². The zero-order valence-corrected chi connectivity index (χ0v) is 8.53. The van der Waals surface area contributed by atoms with Gasteiger partial charge in [0.2, 0.25) is 0 Å². The Hall–Kier alpha value is -1.44. The number of H-pyrrole nitrogens is 1. The molecule has 16 heavy (non-hydrogen) atoms. The first-order valence-corrected chi connectivity index (χ1v) is 4.84. The molecular weight excluding hydrogens is 216 g/mol. The number of aromatic amines is 1. The van der Waals surface area contributed by atoms with Crippen LogP contribution in [0.5, 0.6) is 0 Å². The molecule has 1 aliphatic heterocycles. The van der Waals surface area contributed by atoms with Crippen LogP contribution >= 0.6 is 0 Å². The van der Waals surface area contributed by atoms with Crippen molar-refractivity contribution in [2.75, 3.05) is 0 Å². The molecule has 0 bridgehead atoms. The maximum atomic E-state index is 11.4. The van der Waals surface area contributed by atoms with Crippen LogP contribution in [-0.4, -0.2) is 38.1 Å². The Kier molecular flexibility index (Phi) is 2.66. The number of hydrogen-bond acceptors (Lipinski definition) is 5. The van der Waals surface area contributed by atoms with Gasteiger partial charge in [-0.1, -0.05) is 0 Å². The van der Waals surface area contributed by atoms with Crippen LogP contribution in [0.3, 0.4) is 0 Å². The minimum Gasteiger partial charge on any atom is -0.388 e. The highest BCUT2D eigenvalue weighted by molar-refractivity contribution is 4.91. The fourth-order valence-electron chi connectivity index (χ4n) is 1.69. The second kappa shape index (κ2) is 3.85. The van der Waals surface area contributed by atoms with Crippen LogP contribution < -0.4 is 11.2 Å². The summed E-state index contributed by atoms with van der Waals surface area (Å²) in [4.78, 5) is 24.3. The van der Waals surface area contributed by atoms with Gasteiger partial charge in [-0.05, 0) is 6.92 Å². The van der Waals surface area contributed by atoms with Crippen molar-refractivity contribution in [3.05, 3.63) is 33.1 Å². The normalized spacial score (nSPS) is 34.2. The Morgan fingerprint density at radius 2 is 2.06 bits per heavy atom. The fourth-order valence-corrected chi connectivity index (χ4v) is 1.69. The predicted molar refractivity (Wildman–Crippen MR) is 52.9 cm³/mol. The summed E-state index contributed by atoms with van der Waals surface area (Å²) < 4.78 is 6.27. The number of nitrogens with one attached hydrogen (secondary N) is 1. The third kappa shape index (κ3) is 1.69. The molecule has 1 unspecified atom stereocenters. The summed E-state index contributed by atoms with van der Waals surface area (Å²) in [5.41, 5.74) is -1.21. The first kappa shape index (κ1) is 11.1. The smallest absolute Gasteiger partial charge is 0.330 e. The van der Waals surface area contributed by atoms with Crippen molar-refractivity contribution in [1.29, 1.82) is 0 Å². The van der Waals surface area contributed by atoms with Crippen LogP contribution in [0.4, 0.5) is 0 Å². The van der Waals surface area contributed by atoms with E-state index >= 15 is 0 Å². The van der Waals surface area contributed by atoms with Gasteiger partial charge in [0.1, 0.15) is 12.2 Å². The van der Waals surface area contributed by atoms with Gasteiger partial charge in [0, 0.05) is 12.3 Å². The standard InChI is InChI=1S/C9H12N2O5/c1-4-6(13)7(14)8(16-4)11-3-2-5(12)10-9(11)15/h2-4,6-8,13-14H,1H3,(H,10,12,15)/t4-,6-,7?,8-/m1/s1. The molecule has 1 aromatic heterocycles. The van der Waals surface area contributed by atoms with E-state index in [9.17, 15) is 19.8 Å². The number of nitrogens with zero attached hydrogens (tertiary/aromatic N) is 1. The Morgan fingerprint density at radius 1 is 1.38 bits per heavy atom. The Balaban J connectivity index is 2.39. The first-order chi connectivity index (χ1) is 7.50. The summed E-state index contributed by atoms with van der Waals surface area (Å²) in [6, 6.07) is 1.15. The lowest BCUT2D eigenvalue weighted by molar-refractivity contribution is -0.0351. The Bertz CT molecular complexity index is 493. The van der Waals surface area contributed by atoms with Crippen molar-refractivity contribution in [3.63, 3.8) is 0 Å². The van der Waals surface area contributed by atoms with Gasteiger partial charge in [0.15, 0.2) is 6.23 Å². The summed E-state index contributed by atoms with van der Waals surface area (Å²) in [6.45, 7) is 1.59. The highest BCUT2D eigenvalue weighted by Crippen LogP contribution is 2.27. The molecule has 0 radical (unpaired) electrons. The highest BCUT2D eigenvalue weighted by Gasteiger charge is 2.41. The molecule has 2 rings (SSSR count). The number of ether oxygens (including phenoxy) is 1. The van der Waals surface area contributed by atoms with Crippen molar-refractivity contribution >= 4 is 0 Å². The molecule has 3 N–H and O–H groups in total. The molecule has 0 aliphatic carbocycles. The quantitative estimate of drug-likeness (QED) is 0.524. The first-order valence-electron chi connectivity index (χ1n) is 4.84. The van der Waals surface area contributed by atoms with E-state index in [0.29, 0.717) is 0 Å². The summed E-state index contributed by atoms with van der Waals surface area (Å²) in [7, 11) is 0. The number of aromatic nitrogens is 2. The third-order valence-corrected chi connectivity index (χ3v) is 2.60. The maximum absolute atomic E-state index is 11.4. The maximum Gasteiger partial charge on any atom is 0.330 e. The zero-order chi connectivity index (χ0) is 11.9. The topological polar surface area (TPSA) is 105 Å². The molecule has 1 fully saturated rings. The van der Waals surface area contributed by atoms with Crippen molar-refractivity contribution in [2.24, 2.45) is 0 Å². The lowest BCUT2D eigenvalue weighted by atomic mass is 10.1. The average Bonchev–Trinajstić information content (AvgIpc) is 2.46. The molecule has 0 saturated carbocycles. The summed E-state index contributed by atoms with van der Waals surface area (Å²) in [5.74, 6) is 0. The van der Waals surface area contributed by atoms with E-state index in [1.165, 1.54) is 6.20 Å². The third-order valence-electron chi connectivity index (χ3n) is 2.60. The van der Waals surface area contributed by atoms with E-state index in [2.05, 4.69) is 0 Å². The summed E-state index contributed by atoms with van der Waals surface area (Å²) in [6.07, 6.45) is -2.57. The molecular formula is C9H12N2O5. The van der Waals surface area contributed by atoms with Gasteiger partial charge < -0.3 is 14.9 Å². The van der Waals surface area contributed by atoms with Gasteiger partial charge in [0.05, 0.1) is 6.10 Å². The second-order valence-corrected chi connectivity index (χ2v) is 3.73. The van der Waals surface area contributed by atoms with Gasteiger partial charge in [-0.3, -0.25) is 14.3 Å². The van der Waals surface area contributed by atoms with E-state index < -0.39 is 35.8 Å². The number of aliphatic hydroxyl groups excluding tert-OH is 2. The van der Waals surface area contributed by atoms with Crippen LogP contribution in [0.2, 0.25) is 0 Å². The molecule has 7 nitrogen and oxygen atoms in total. The fraction of sp³-hybridized carbons (Fsp3) is 0.556. The second-order valence-electron chi connectivity index (χ2n) is 3.73. The lowest BCUT2D eigenvalue weighted by Gasteiger charge is -2.16. The van der Waals surface area contributed by atoms with Crippen LogP contribution in [0.1, 0.15) is 13.2 Å². The van der Waals surface area contributed by atoms with E-state index in [0.717, 1.165) is 10.6 Å². The predicted octanol–water partition coefficient (Wildman–Crippen LogP) is -1.82. The van der Waals surface area contributed by atoms with Crippen LogP contribution in [0.15, 0.2) is 21.9 Å². The molecule has 1 aliphatic rings.